The van der Waals surface area contributed by atoms with E-state index in [9.17, 15) is 8.42 Å². The Labute approximate surface area is 259 Å². The van der Waals surface area contributed by atoms with Crippen LogP contribution in [0.4, 0.5) is 0 Å². The molecule has 4 aromatic carbocycles. The van der Waals surface area contributed by atoms with Crippen LogP contribution in [0.5, 0.6) is 23.0 Å². The second-order valence-corrected chi connectivity index (χ2v) is 13.3. The average molecular weight is 626 g/mol. The van der Waals surface area contributed by atoms with Crippen molar-refractivity contribution in [1.29, 1.82) is 0 Å². The van der Waals surface area contributed by atoms with Gasteiger partial charge in [0.15, 0.2) is 0 Å². The number of thioether (sulfide) groups is 2. The highest BCUT2D eigenvalue weighted by atomic mass is 32.2. The van der Waals surface area contributed by atoms with Gasteiger partial charge in [-0.2, -0.15) is 0 Å². The molecule has 0 aliphatic carbocycles. The van der Waals surface area contributed by atoms with Gasteiger partial charge in [0.2, 0.25) is 10.0 Å². The van der Waals surface area contributed by atoms with Gasteiger partial charge in [-0.05, 0) is 113 Å². The van der Waals surface area contributed by atoms with Gasteiger partial charge in [0, 0.05) is 34.0 Å². The number of sulfonamides is 1. The quantitative estimate of drug-likeness (QED) is 0.176. The molecule has 0 aliphatic heterocycles. The molecule has 10 heteroatoms. The first-order chi connectivity index (χ1) is 20.0. The number of hydrogen-bond donors (Lipinski definition) is 1. The number of hydrogen-bond acceptors (Lipinski definition) is 8. The molecule has 224 valence electrons. The molecule has 4 rings (SSSR count). The Hall–Kier alpha value is -2.99. The summed E-state index contributed by atoms with van der Waals surface area (Å²) >= 11 is 3.39. The fourth-order valence-electron chi connectivity index (χ4n) is 3.91. The van der Waals surface area contributed by atoms with Gasteiger partial charge in [0.05, 0.1) is 4.90 Å². The number of benzene rings is 4. The van der Waals surface area contributed by atoms with Crippen molar-refractivity contribution in [3.8, 4) is 23.0 Å². The minimum Gasteiger partial charge on any atom is -0.457 e. The predicted octanol–water partition coefficient (Wildman–Crippen LogP) is 7.17. The van der Waals surface area contributed by atoms with Crippen molar-refractivity contribution in [2.24, 2.45) is 5.14 Å². The van der Waals surface area contributed by atoms with Gasteiger partial charge in [-0.3, -0.25) is 0 Å². The third-order valence-corrected chi connectivity index (χ3v) is 8.28. The normalized spacial score (nSPS) is 11.3. The lowest BCUT2D eigenvalue weighted by Crippen LogP contribution is -2.15. The van der Waals surface area contributed by atoms with Crippen molar-refractivity contribution >= 4 is 33.5 Å². The van der Waals surface area contributed by atoms with E-state index in [-0.39, 0.29) is 4.90 Å². The van der Waals surface area contributed by atoms with Crippen molar-refractivity contribution in [3.63, 3.8) is 0 Å². The van der Waals surface area contributed by atoms with E-state index in [0.29, 0.717) is 18.0 Å². The molecular formula is C32H39N3O4S3. The van der Waals surface area contributed by atoms with E-state index < -0.39 is 10.0 Å². The van der Waals surface area contributed by atoms with E-state index in [1.807, 2.05) is 79.8 Å². The van der Waals surface area contributed by atoms with Crippen LogP contribution < -0.4 is 14.6 Å². The van der Waals surface area contributed by atoms with Crippen LogP contribution in [-0.4, -0.2) is 58.9 Å². The largest absolute Gasteiger partial charge is 0.457 e. The Morgan fingerprint density at radius 2 is 1.10 bits per heavy atom. The van der Waals surface area contributed by atoms with Crippen LogP contribution in [0, 0.1) is 0 Å². The first kappa shape index (κ1) is 33.5. The number of para-hydroxylation sites is 1. The molecule has 0 radical (unpaired) electrons. The summed E-state index contributed by atoms with van der Waals surface area (Å²) in [6, 6.07) is 28.7. The molecule has 0 unspecified atom stereocenters. The SMILES string of the molecule is CSc1ccc(Oc2ccc(S(N)(=O)=O)cc2CN(C)C)cc1.CSc1ccc(Oc2ccccc2CN(C)C)cc1. The highest BCUT2D eigenvalue weighted by molar-refractivity contribution is 7.98. The molecule has 0 amide bonds. The third kappa shape index (κ3) is 10.7. The third-order valence-electron chi connectivity index (χ3n) is 5.88. The van der Waals surface area contributed by atoms with Crippen molar-refractivity contribution in [3.05, 3.63) is 102 Å². The minimum absolute atomic E-state index is 0.0828. The van der Waals surface area contributed by atoms with Gasteiger partial charge in [-0.1, -0.05) is 18.2 Å². The highest BCUT2D eigenvalue weighted by Crippen LogP contribution is 2.30. The number of rotatable bonds is 11. The average Bonchev–Trinajstić information content (AvgIpc) is 2.95. The molecule has 0 heterocycles. The molecule has 4 aromatic rings. The molecule has 0 saturated heterocycles. The maximum Gasteiger partial charge on any atom is 0.238 e. The second-order valence-electron chi connectivity index (χ2n) is 9.95. The Kier molecular flexibility index (Phi) is 12.8. The summed E-state index contributed by atoms with van der Waals surface area (Å²) in [4.78, 5) is 6.55. The lowest BCUT2D eigenvalue weighted by Gasteiger charge is -2.16. The molecule has 0 aliphatic rings. The zero-order valence-corrected chi connectivity index (χ0v) is 27.4. The summed E-state index contributed by atoms with van der Waals surface area (Å²) in [7, 11) is 4.19. The second kappa shape index (κ2) is 16.0. The van der Waals surface area contributed by atoms with Crippen LogP contribution in [0.25, 0.3) is 0 Å². The van der Waals surface area contributed by atoms with E-state index in [2.05, 4.69) is 43.5 Å². The molecule has 0 atom stereocenters. The van der Waals surface area contributed by atoms with Crippen molar-refractivity contribution in [2.75, 3.05) is 40.7 Å². The molecule has 0 aromatic heterocycles. The standard InChI is InChI=1S/C16H20N2O3S2.C16H19NOS/c1-18(2)11-12-10-15(23(17,19)20)8-9-16(12)21-13-4-6-14(22-3)7-5-13;1-17(2)12-13-6-4-5-7-16(13)18-14-8-10-15(19-3)11-9-14/h4-10H,11H2,1-3H3,(H2,17,19,20);4-11H,12H2,1-3H3. The van der Waals surface area contributed by atoms with Gasteiger partial charge in [-0.25, -0.2) is 13.6 Å². The zero-order chi connectivity index (χ0) is 30.7. The molecule has 2 N–H and O–H groups in total. The van der Waals surface area contributed by atoms with E-state index >= 15 is 0 Å². The zero-order valence-electron chi connectivity index (χ0n) is 24.9. The molecule has 0 saturated carbocycles. The summed E-state index contributed by atoms with van der Waals surface area (Å²) < 4.78 is 34.9. The fourth-order valence-corrected chi connectivity index (χ4v) is 5.29. The van der Waals surface area contributed by atoms with Crippen LogP contribution in [0.2, 0.25) is 0 Å². The maximum absolute atomic E-state index is 11.5. The Balaban J connectivity index is 0.000000235. The number of primary sulfonamides is 1. The Morgan fingerprint density at radius 1 is 0.643 bits per heavy atom. The first-order valence-corrected chi connectivity index (χ1v) is 17.1. The smallest absolute Gasteiger partial charge is 0.238 e. The van der Waals surface area contributed by atoms with E-state index in [1.54, 1.807) is 35.7 Å². The Bertz CT molecular complexity index is 1530. The lowest BCUT2D eigenvalue weighted by molar-refractivity contribution is 0.388. The van der Waals surface area contributed by atoms with E-state index in [4.69, 9.17) is 14.6 Å². The van der Waals surface area contributed by atoms with Crippen LogP contribution in [0.1, 0.15) is 11.1 Å². The first-order valence-electron chi connectivity index (χ1n) is 13.2. The van der Waals surface area contributed by atoms with Crippen molar-refractivity contribution in [1.82, 2.24) is 9.80 Å². The van der Waals surface area contributed by atoms with Gasteiger partial charge in [0.25, 0.3) is 0 Å². The van der Waals surface area contributed by atoms with Crippen molar-refractivity contribution in [2.45, 2.75) is 27.8 Å². The van der Waals surface area contributed by atoms with Gasteiger partial charge in [-0.15, -0.1) is 23.5 Å². The molecule has 7 nitrogen and oxygen atoms in total. The maximum atomic E-state index is 11.5. The Morgan fingerprint density at radius 3 is 1.55 bits per heavy atom. The highest BCUT2D eigenvalue weighted by Gasteiger charge is 2.14. The van der Waals surface area contributed by atoms with Crippen LogP contribution in [0.3, 0.4) is 0 Å². The fraction of sp³-hybridized carbons (Fsp3) is 0.250. The monoisotopic (exact) mass is 625 g/mol. The molecule has 0 fully saturated rings. The summed E-state index contributed by atoms with van der Waals surface area (Å²) in [5.74, 6) is 3.12. The topological polar surface area (TPSA) is 85.1 Å². The molecule has 0 bridgehead atoms. The lowest BCUT2D eigenvalue weighted by atomic mass is 10.2. The van der Waals surface area contributed by atoms with Crippen LogP contribution in [0.15, 0.2) is 106 Å². The number of nitrogens with zero attached hydrogens (tertiary/aromatic N) is 2. The summed E-state index contributed by atoms with van der Waals surface area (Å²) in [5.41, 5.74) is 1.96. The molecular weight excluding hydrogens is 587 g/mol. The van der Waals surface area contributed by atoms with E-state index in [1.165, 1.54) is 16.5 Å². The van der Waals surface area contributed by atoms with Crippen LogP contribution in [-0.2, 0) is 23.1 Å². The number of ether oxygens (including phenoxy) is 2. The van der Waals surface area contributed by atoms with E-state index in [0.717, 1.165) is 28.5 Å². The van der Waals surface area contributed by atoms with Crippen LogP contribution >= 0.6 is 23.5 Å². The summed E-state index contributed by atoms with van der Waals surface area (Å²) in [5, 5.41) is 5.21. The van der Waals surface area contributed by atoms with Gasteiger partial charge < -0.3 is 19.3 Å². The van der Waals surface area contributed by atoms with Gasteiger partial charge >= 0.3 is 0 Å². The number of nitrogens with two attached hydrogens (primary N) is 1. The molecule has 0 spiro atoms. The predicted molar refractivity (Wildman–Crippen MR) is 176 cm³/mol. The van der Waals surface area contributed by atoms with Gasteiger partial charge in [0.1, 0.15) is 23.0 Å². The molecule has 42 heavy (non-hydrogen) atoms. The van der Waals surface area contributed by atoms with Crippen molar-refractivity contribution < 1.29 is 17.9 Å². The summed E-state index contributed by atoms with van der Waals surface area (Å²) in [6.45, 7) is 1.42. The minimum atomic E-state index is -3.74. The summed E-state index contributed by atoms with van der Waals surface area (Å²) in [6.07, 6.45) is 4.08.